The van der Waals surface area contributed by atoms with Crippen molar-refractivity contribution < 1.29 is 43.0 Å². The van der Waals surface area contributed by atoms with Gasteiger partial charge in [0.25, 0.3) is 0 Å². The van der Waals surface area contributed by atoms with Crippen LogP contribution in [0.2, 0.25) is 0 Å². The Morgan fingerprint density at radius 2 is 1.14 bits per heavy atom. The maximum absolute atomic E-state index is 12.4. The monoisotopic (exact) mass is 740 g/mol. The van der Waals surface area contributed by atoms with Gasteiger partial charge < -0.3 is 24.4 Å². The molecule has 3 N–H and O–H groups in total. The smallest absolute Gasteiger partial charge is 0.462 e. The summed E-state index contributed by atoms with van der Waals surface area (Å²) < 4.78 is 26.3. The Balaban J connectivity index is 4.09. The van der Waals surface area contributed by atoms with E-state index in [0.717, 1.165) is 32.1 Å². The van der Waals surface area contributed by atoms with Gasteiger partial charge in [-0.15, -0.1) is 0 Å². The molecule has 0 rings (SSSR count). The van der Waals surface area contributed by atoms with Crippen LogP contribution in [0.5, 0.6) is 0 Å². The highest BCUT2D eigenvalue weighted by Gasteiger charge is 2.22. The van der Waals surface area contributed by atoms with E-state index in [4.69, 9.17) is 19.3 Å². The van der Waals surface area contributed by atoms with Crippen LogP contribution in [-0.4, -0.2) is 52.3 Å². The Bertz CT molecular complexity index is 986. The minimum absolute atomic E-state index is 0.158. The van der Waals surface area contributed by atoms with Gasteiger partial charge in [-0.2, -0.15) is 0 Å². The van der Waals surface area contributed by atoms with Crippen molar-refractivity contribution >= 4 is 19.8 Å². The highest BCUT2D eigenvalue weighted by atomic mass is 31.2. The van der Waals surface area contributed by atoms with Gasteiger partial charge in [-0.3, -0.25) is 14.1 Å². The van der Waals surface area contributed by atoms with Gasteiger partial charge in [0, 0.05) is 12.8 Å². The molecule has 0 saturated heterocycles. The molecule has 0 aliphatic rings. The predicted molar refractivity (Wildman–Crippen MR) is 208 cm³/mol. The van der Waals surface area contributed by atoms with Crippen molar-refractivity contribution in [2.75, 3.05) is 13.2 Å². The summed E-state index contributed by atoms with van der Waals surface area (Å²) in [5.41, 5.74) is 0. The van der Waals surface area contributed by atoms with E-state index >= 15 is 0 Å². The molecule has 0 aliphatic heterocycles. The van der Waals surface area contributed by atoms with E-state index in [1.54, 1.807) is 6.08 Å². The minimum Gasteiger partial charge on any atom is -0.462 e. The van der Waals surface area contributed by atoms with Gasteiger partial charge in [-0.25, -0.2) is 4.57 Å². The average molecular weight is 741 g/mol. The zero-order chi connectivity index (χ0) is 37.7. The van der Waals surface area contributed by atoms with E-state index in [-0.39, 0.29) is 19.4 Å². The van der Waals surface area contributed by atoms with Gasteiger partial charge in [0.15, 0.2) is 6.10 Å². The number of ether oxygens (including phenoxy) is 2. The molecule has 9 nitrogen and oxygen atoms in total. The third-order valence-corrected chi connectivity index (χ3v) is 8.92. The average Bonchev–Trinajstić information content (AvgIpc) is 3.09. The van der Waals surface area contributed by atoms with Gasteiger partial charge in [0.05, 0.1) is 12.7 Å². The molecule has 0 heterocycles. The number of phosphoric ester groups is 1. The van der Waals surface area contributed by atoms with Crippen molar-refractivity contribution in [1.29, 1.82) is 0 Å². The van der Waals surface area contributed by atoms with E-state index in [9.17, 15) is 19.3 Å². The molecule has 10 heteroatoms. The quantitative estimate of drug-likeness (QED) is 0.0188. The standard InChI is InChI=1S/C41H73O9P/c1-3-5-7-9-11-12-13-14-15-16-17-18-22-27-31-35-41(44)50-39(37-49-51(45,46)47)36-48-40(43)34-30-26-23-19-21-25-29-33-38(42)32-28-24-20-10-8-6-4-2/h19-20,23-25,28-29,32,38-39,42H,3-18,21-22,26-27,30-31,33-37H2,1-2H3,(H2,45,46,47)/b23-19+,24-20-,29-25-,32-28-/t38-,39-/m1/s1. The minimum atomic E-state index is -4.78. The van der Waals surface area contributed by atoms with Crippen molar-refractivity contribution in [2.24, 2.45) is 0 Å². The van der Waals surface area contributed by atoms with Crippen LogP contribution < -0.4 is 0 Å². The highest BCUT2D eigenvalue weighted by molar-refractivity contribution is 7.46. The van der Waals surface area contributed by atoms with Crippen molar-refractivity contribution in [3.63, 3.8) is 0 Å². The fraction of sp³-hybridized carbons (Fsp3) is 0.756. The number of phosphoric acid groups is 1. The lowest BCUT2D eigenvalue weighted by atomic mass is 10.0. The second-order valence-electron chi connectivity index (χ2n) is 13.5. The summed E-state index contributed by atoms with van der Waals surface area (Å²) in [6.45, 7) is 3.53. The van der Waals surface area contributed by atoms with Gasteiger partial charge in [-0.05, 0) is 44.9 Å². The van der Waals surface area contributed by atoms with Crippen LogP contribution in [0.3, 0.4) is 0 Å². The Labute approximate surface area is 310 Å². The first kappa shape index (κ1) is 49.0. The Kier molecular flexibility index (Phi) is 34.9. The van der Waals surface area contributed by atoms with E-state index in [1.165, 1.54) is 89.9 Å². The molecule has 0 aromatic heterocycles. The number of allylic oxidation sites excluding steroid dienone is 6. The molecule has 0 bridgehead atoms. The van der Waals surface area contributed by atoms with E-state index in [1.807, 2.05) is 36.5 Å². The molecule has 51 heavy (non-hydrogen) atoms. The predicted octanol–water partition coefficient (Wildman–Crippen LogP) is 10.9. The number of hydrogen-bond donors (Lipinski definition) is 3. The van der Waals surface area contributed by atoms with Gasteiger partial charge in [0.2, 0.25) is 0 Å². The summed E-state index contributed by atoms with van der Waals surface area (Å²) in [5.74, 6) is -0.990. The maximum Gasteiger partial charge on any atom is 0.469 e. The summed E-state index contributed by atoms with van der Waals surface area (Å²) in [6.07, 6.45) is 40.0. The van der Waals surface area contributed by atoms with Gasteiger partial charge in [-0.1, -0.05) is 165 Å². The molecule has 0 amide bonds. The molecule has 2 atom stereocenters. The third kappa shape index (κ3) is 39.0. The first-order valence-corrected chi connectivity index (χ1v) is 21.6. The Hall–Kier alpha value is -2.03. The molecular formula is C41H73O9P. The van der Waals surface area contributed by atoms with E-state index in [0.29, 0.717) is 25.7 Å². The molecule has 0 aromatic rings. The topological polar surface area (TPSA) is 140 Å². The molecular weight excluding hydrogens is 667 g/mol. The lowest BCUT2D eigenvalue weighted by molar-refractivity contribution is -0.161. The number of carbonyl (C=O) groups excluding carboxylic acids is 2. The fourth-order valence-corrected chi connectivity index (χ4v) is 5.75. The molecule has 296 valence electrons. The maximum atomic E-state index is 12.4. The largest absolute Gasteiger partial charge is 0.469 e. The molecule has 0 spiro atoms. The normalized spacial score (nSPS) is 13.6. The number of rotatable bonds is 36. The van der Waals surface area contributed by atoms with Crippen LogP contribution in [-0.2, 0) is 28.2 Å². The third-order valence-electron chi connectivity index (χ3n) is 8.43. The van der Waals surface area contributed by atoms with Crippen LogP contribution >= 0.6 is 7.82 Å². The van der Waals surface area contributed by atoms with Crippen LogP contribution in [0.4, 0.5) is 0 Å². The fourth-order valence-electron chi connectivity index (χ4n) is 5.39. The van der Waals surface area contributed by atoms with Crippen molar-refractivity contribution in [3.05, 3.63) is 48.6 Å². The number of aliphatic hydroxyl groups excluding tert-OH is 1. The molecule has 0 fully saturated rings. The summed E-state index contributed by atoms with van der Waals surface area (Å²) >= 11 is 0. The molecule has 0 aromatic carbocycles. The molecule has 0 unspecified atom stereocenters. The first-order valence-electron chi connectivity index (χ1n) is 20.0. The highest BCUT2D eigenvalue weighted by Crippen LogP contribution is 2.36. The second-order valence-corrected chi connectivity index (χ2v) is 14.7. The van der Waals surface area contributed by atoms with Crippen LogP contribution in [0.25, 0.3) is 0 Å². The van der Waals surface area contributed by atoms with Crippen molar-refractivity contribution in [3.8, 4) is 0 Å². The second kappa shape index (κ2) is 36.3. The summed E-state index contributed by atoms with van der Waals surface area (Å²) in [7, 11) is -4.78. The zero-order valence-electron chi connectivity index (χ0n) is 32.1. The molecule has 0 aliphatic carbocycles. The van der Waals surface area contributed by atoms with Gasteiger partial charge in [0.1, 0.15) is 6.61 Å². The number of aliphatic hydroxyl groups is 1. The lowest BCUT2D eigenvalue weighted by Crippen LogP contribution is -2.29. The zero-order valence-corrected chi connectivity index (χ0v) is 33.0. The van der Waals surface area contributed by atoms with Crippen LogP contribution in [0, 0.1) is 0 Å². The van der Waals surface area contributed by atoms with Crippen molar-refractivity contribution in [1.82, 2.24) is 0 Å². The van der Waals surface area contributed by atoms with Gasteiger partial charge >= 0.3 is 19.8 Å². The van der Waals surface area contributed by atoms with Crippen LogP contribution in [0.1, 0.15) is 174 Å². The Morgan fingerprint density at radius 3 is 1.75 bits per heavy atom. The van der Waals surface area contributed by atoms with Crippen LogP contribution in [0.15, 0.2) is 48.6 Å². The molecule has 0 saturated carbocycles. The van der Waals surface area contributed by atoms with Crippen molar-refractivity contribution in [2.45, 2.75) is 187 Å². The number of hydrogen-bond acceptors (Lipinski definition) is 7. The van der Waals surface area contributed by atoms with E-state index < -0.39 is 38.6 Å². The first-order chi connectivity index (χ1) is 24.7. The Morgan fingerprint density at radius 1 is 0.608 bits per heavy atom. The summed E-state index contributed by atoms with van der Waals surface area (Å²) in [6, 6.07) is 0. The van der Waals surface area contributed by atoms with E-state index in [2.05, 4.69) is 24.4 Å². The number of unbranched alkanes of at least 4 members (excludes halogenated alkanes) is 18. The number of esters is 2. The summed E-state index contributed by atoms with van der Waals surface area (Å²) in [5, 5.41) is 10.0. The summed E-state index contributed by atoms with van der Waals surface area (Å²) in [4.78, 5) is 42.7. The lowest BCUT2D eigenvalue weighted by Gasteiger charge is -2.18. The number of carbonyl (C=O) groups is 2. The SMILES string of the molecule is CCCCC/C=C\C=C/[C@@H](O)C/C=C\C/C=C/CCCC(=O)OC[C@H](COP(=O)(O)O)OC(=O)CCCCCCCCCCCCCCCCC. The molecule has 0 radical (unpaired) electrons.